The van der Waals surface area contributed by atoms with Crippen LogP contribution in [0.5, 0.6) is 11.5 Å². The van der Waals surface area contributed by atoms with Gasteiger partial charge in [-0.3, -0.25) is 9.59 Å². The third-order valence-electron chi connectivity index (χ3n) is 3.73. The first-order chi connectivity index (χ1) is 11.1. The summed E-state index contributed by atoms with van der Waals surface area (Å²) in [5.41, 5.74) is 2.81. The van der Waals surface area contributed by atoms with Crippen LogP contribution in [0.15, 0.2) is 23.3 Å². The number of nitrogens with one attached hydrogen (secondary N) is 2. The van der Waals surface area contributed by atoms with Gasteiger partial charge in [0, 0.05) is 6.04 Å². The monoisotopic (exact) mass is 319 g/mol. The summed E-state index contributed by atoms with van der Waals surface area (Å²) < 4.78 is 4.97. The van der Waals surface area contributed by atoms with Gasteiger partial charge in [0.05, 0.1) is 13.3 Å². The molecule has 2 rings (SSSR count). The highest BCUT2D eigenvalue weighted by Crippen LogP contribution is 2.25. The maximum Gasteiger partial charge on any atom is 0.329 e. The van der Waals surface area contributed by atoms with Gasteiger partial charge >= 0.3 is 11.8 Å². The van der Waals surface area contributed by atoms with Gasteiger partial charge in [0.1, 0.15) is 0 Å². The number of benzene rings is 1. The van der Waals surface area contributed by atoms with Crippen molar-refractivity contribution >= 4 is 18.0 Å². The molecule has 0 saturated heterocycles. The number of carbonyl (C=O) groups excluding carboxylic acids is 2. The van der Waals surface area contributed by atoms with E-state index in [-0.39, 0.29) is 11.8 Å². The SMILES string of the molecule is COc1cc(/C=N/NC(=O)C(=O)NC2CCCCC2)ccc1O. The van der Waals surface area contributed by atoms with Crippen molar-refractivity contribution in [3.8, 4) is 11.5 Å². The van der Waals surface area contributed by atoms with Crippen molar-refractivity contribution in [2.75, 3.05) is 7.11 Å². The molecule has 23 heavy (non-hydrogen) atoms. The fourth-order valence-electron chi connectivity index (χ4n) is 2.49. The van der Waals surface area contributed by atoms with Gasteiger partial charge in [-0.05, 0) is 36.6 Å². The molecule has 0 atom stereocenters. The first-order valence-corrected chi connectivity index (χ1v) is 7.61. The molecule has 1 saturated carbocycles. The summed E-state index contributed by atoms with van der Waals surface area (Å²) in [5.74, 6) is -1.15. The van der Waals surface area contributed by atoms with Gasteiger partial charge in [-0.2, -0.15) is 5.10 Å². The van der Waals surface area contributed by atoms with E-state index in [4.69, 9.17) is 4.74 Å². The van der Waals surface area contributed by atoms with E-state index in [1.807, 2.05) is 0 Å². The Balaban J connectivity index is 1.84. The first-order valence-electron chi connectivity index (χ1n) is 7.61. The van der Waals surface area contributed by atoms with Crippen LogP contribution < -0.4 is 15.5 Å². The maximum atomic E-state index is 11.7. The van der Waals surface area contributed by atoms with Crippen LogP contribution in [-0.4, -0.2) is 36.3 Å². The fourth-order valence-corrected chi connectivity index (χ4v) is 2.49. The molecular weight excluding hydrogens is 298 g/mol. The van der Waals surface area contributed by atoms with E-state index in [0.717, 1.165) is 25.7 Å². The Morgan fingerprint density at radius 2 is 2.00 bits per heavy atom. The van der Waals surface area contributed by atoms with Crippen molar-refractivity contribution in [2.45, 2.75) is 38.1 Å². The molecule has 0 aliphatic heterocycles. The molecule has 1 aliphatic carbocycles. The number of nitrogens with zero attached hydrogens (tertiary/aromatic N) is 1. The van der Waals surface area contributed by atoms with E-state index in [9.17, 15) is 14.7 Å². The number of amides is 2. The summed E-state index contributed by atoms with van der Waals surface area (Å²) >= 11 is 0. The summed E-state index contributed by atoms with van der Waals surface area (Å²) in [6.07, 6.45) is 6.53. The maximum absolute atomic E-state index is 11.7. The van der Waals surface area contributed by atoms with E-state index in [2.05, 4.69) is 15.8 Å². The summed E-state index contributed by atoms with van der Waals surface area (Å²) in [6.45, 7) is 0. The number of hydrazone groups is 1. The van der Waals surface area contributed by atoms with E-state index in [1.54, 1.807) is 12.1 Å². The van der Waals surface area contributed by atoms with Crippen LogP contribution in [-0.2, 0) is 9.59 Å². The molecule has 0 heterocycles. The Labute approximate surface area is 134 Å². The molecule has 2 amide bonds. The number of hydrogen-bond acceptors (Lipinski definition) is 5. The fraction of sp³-hybridized carbons (Fsp3) is 0.438. The van der Waals surface area contributed by atoms with E-state index in [1.165, 1.54) is 25.8 Å². The lowest BCUT2D eigenvalue weighted by Gasteiger charge is -2.22. The Bertz CT molecular complexity index is 595. The van der Waals surface area contributed by atoms with Gasteiger partial charge in [0.15, 0.2) is 11.5 Å². The minimum Gasteiger partial charge on any atom is -0.504 e. The largest absolute Gasteiger partial charge is 0.504 e. The third kappa shape index (κ3) is 4.98. The molecule has 0 bridgehead atoms. The second kappa shape index (κ2) is 8.17. The average molecular weight is 319 g/mol. The van der Waals surface area contributed by atoms with E-state index >= 15 is 0 Å². The molecule has 124 valence electrons. The van der Waals surface area contributed by atoms with Crippen LogP contribution in [0.1, 0.15) is 37.7 Å². The Hall–Kier alpha value is -2.57. The number of rotatable bonds is 4. The lowest BCUT2D eigenvalue weighted by atomic mass is 9.95. The van der Waals surface area contributed by atoms with Crippen LogP contribution in [0.3, 0.4) is 0 Å². The molecule has 1 aromatic carbocycles. The number of methoxy groups -OCH3 is 1. The third-order valence-corrected chi connectivity index (χ3v) is 3.73. The Morgan fingerprint density at radius 1 is 1.26 bits per heavy atom. The highest BCUT2D eigenvalue weighted by atomic mass is 16.5. The van der Waals surface area contributed by atoms with Gasteiger partial charge in [0.25, 0.3) is 0 Å². The lowest BCUT2D eigenvalue weighted by molar-refractivity contribution is -0.139. The molecule has 0 unspecified atom stereocenters. The quantitative estimate of drug-likeness (QED) is 0.442. The zero-order chi connectivity index (χ0) is 16.7. The minimum absolute atomic E-state index is 0.0144. The van der Waals surface area contributed by atoms with Gasteiger partial charge < -0.3 is 15.2 Å². The molecule has 7 heteroatoms. The summed E-state index contributed by atoms with van der Waals surface area (Å²) in [5, 5.41) is 15.9. The normalized spacial score (nSPS) is 15.3. The first kappa shape index (κ1) is 16.8. The van der Waals surface area contributed by atoms with Crippen LogP contribution in [0, 0.1) is 0 Å². The van der Waals surface area contributed by atoms with E-state index < -0.39 is 11.8 Å². The van der Waals surface area contributed by atoms with Gasteiger partial charge in [-0.15, -0.1) is 0 Å². The van der Waals surface area contributed by atoms with Crippen molar-refractivity contribution in [3.63, 3.8) is 0 Å². The Kier molecular flexibility index (Phi) is 5.96. The molecule has 1 aromatic rings. The topological polar surface area (TPSA) is 100 Å². The molecule has 0 radical (unpaired) electrons. The molecule has 7 nitrogen and oxygen atoms in total. The zero-order valence-electron chi connectivity index (χ0n) is 13.0. The second-order valence-corrected chi connectivity index (χ2v) is 5.44. The number of ether oxygens (including phenoxy) is 1. The van der Waals surface area contributed by atoms with Crippen molar-refractivity contribution in [2.24, 2.45) is 5.10 Å². The molecule has 0 spiro atoms. The molecular formula is C16H21N3O4. The van der Waals surface area contributed by atoms with Gasteiger partial charge in [0.2, 0.25) is 0 Å². The van der Waals surface area contributed by atoms with Crippen LogP contribution in [0.4, 0.5) is 0 Å². The van der Waals surface area contributed by atoms with E-state index in [0.29, 0.717) is 11.3 Å². The smallest absolute Gasteiger partial charge is 0.329 e. The van der Waals surface area contributed by atoms with Crippen LogP contribution >= 0.6 is 0 Å². The minimum atomic E-state index is -0.794. The van der Waals surface area contributed by atoms with Crippen molar-refractivity contribution in [3.05, 3.63) is 23.8 Å². The lowest BCUT2D eigenvalue weighted by Crippen LogP contribution is -2.44. The average Bonchev–Trinajstić information content (AvgIpc) is 2.57. The zero-order valence-corrected chi connectivity index (χ0v) is 13.0. The van der Waals surface area contributed by atoms with Crippen molar-refractivity contribution in [1.29, 1.82) is 0 Å². The number of phenolic OH excluding ortho intramolecular Hbond substituents is 1. The molecule has 1 aliphatic rings. The summed E-state index contributed by atoms with van der Waals surface area (Å²) in [7, 11) is 1.44. The van der Waals surface area contributed by atoms with Crippen LogP contribution in [0.2, 0.25) is 0 Å². The number of aromatic hydroxyl groups is 1. The molecule has 1 fully saturated rings. The van der Waals surface area contributed by atoms with Crippen molar-refractivity contribution < 1.29 is 19.4 Å². The number of carbonyl (C=O) groups is 2. The number of hydrogen-bond donors (Lipinski definition) is 3. The van der Waals surface area contributed by atoms with Gasteiger partial charge in [-0.25, -0.2) is 5.43 Å². The molecule has 3 N–H and O–H groups in total. The highest BCUT2D eigenvalue weighted by molar-refractivity contribution is 6.35. The predicted molar refractivity (Wildman–Crippen MR) is 85.4 cm³/mol. The standard InChI is InChI=1S/C16H21N3O4/c1-23-14-9-11(7-8-13(14)20)10-17-19-16(22)15(21)18-12-5-3-2-4-6-12/h7-10,12,20H,2-6H2,1H3,(H,18,21)(H,19,22)/b17-10+. The molecule has 0 aromatic heterocycles. The number of phenols is 1. The summed E-state index contributed by atoms with van der Waals surface area (Å²) in [4.78, 5) is 23.4. The second-order valence-electron chi connectivity index (χ2n) is 5.44. The van der Waals surface area contributed by atoms with Crippen molar-refractivity contribution in [1.82, 2.24) is 10.7 Å². The van der Waals surface area contributed by atoms with Crippen LogP contribution in [0.25, 0.3) is 0 Å². The predicted octanol–water partition coefficient (Wildman–Crippen LogP) is 1.30. The highest BCUT2D eigenvalue weighted by Gasteiger charge is 2.19. The Morgan fingerprint density at radius 3 is 2.70 bits per heavy atom. The van der Waals surface area contributed by atoms with Gasteiger partial charge in [-0.1, -0.05) is 19.3 Å². The summed E-state index contributed by atoms with van der Waals surface area (Å²) in [6, 6.07) is 4.70.